The normalized spacial score (nSPS) is 44.7. The minimum Gasteiger partial charge on any atom is -0.388 e. The summed E-state index contributed by atoms with van der Waals surface area (Å²) in [6, 6.07) is 0. The molecule has 0 aromatic carbocycles. The fraction of sp³-hybridized carbons (Fsp3) is 1.00. The first-order valence-electron chi connectivity index (χ1n) is 3.62. The molecule has 1 fully saturated rings. The summed E-state index contributed by atoms with van der Waals surface area (Å²) < 4.78 is 5.13. The van der Waals surface area contributed by atoms with Crippen LogP contribution in [0.2, 0.25) is 0 Å². The summed E-state index contributed by atoms with van der Waals surface area (Å²) in [5, 5.41) is 18.5. The highest BCUT2D eigenvalue weighted by Crippen LogP contribution is 2.19. The molecule has 0 bridgehead atoms. The maximum absolute atomic E-state index is 9.25. The average Bonchev–Trinajstić information content (AvgIpc) is 2.30. The Kier molecular flexibility index (Phi) is 2.80. The molecule has 0 aliphatic carbocycles. The van der Waals surface area contributed by atoms with Crippen LogP contribution in [0.5, 0.6) is 0 Å². The molecule has 5 heteroatoms. The van der Waals surface area contributed by atoms with Crippen LogP contribution >= 0.6 is 0 Å². The van der Waals surface area contributed by atoms with Gasteiger partial charge < -0.3 is 26.4 Å². The molecule has 0 radical (unpaired) electrons. The van der Waals surface area contributed by atoms with Crippen LogP contribution in [0.15, 0.2) is 0 Å². The summed E-state index contributed by atoms with van der Waals surface area (Å²) in [4.78, 5) is 0. The van der Waals surface area contributed by atoms with Crippen LogP contribution in [0.25, 0.3) is 0 Å². The van der Waals surface area contributed by atoms with Crippen molar-refractivity contribution >= 4 is 0 Å². The Bertz CT molecular complexity index is 115. The molecule has 1 saturated heterocycles. The van der Waals surface area contributed by atoms with E-state index in [2.05, 4.69) is 0 Å². The van der Waals surface area contributed by atoms with Gasteiger partial charge in [0, 0.05) is 13.1 Å². The van der Waals surface area contributed by atoms with E-state index in [1.807, 2.05) is 0 Å². The molecule has 1 aliphatic rings. The van der Waals surface area contributed by atoms with Crippen LogP contribution < -0.4 is 11.5 Å². The maximum atomic E-state index is 9.25. The largest absolute Gasteiger partial charge is 0.388 e. The van der Waals surface area contributed by atoms with Gasteiger partial charge in [0.25, 0.3) is 0 Å². The molecule has 6 N–H and O–H groups in total. The van der Waals surface area contributed by atoms with E-state index in [1.165, 1.54) is 0 Å². The van der Waals surface area contributed by atoms with Crippen LogP contribution in [0.3, 0.4) is 0 Å². The molecule has 4 atom stereocenters. The fourth-order valence-electron chi connectivity index (χ4n) is 1.22. The van der Waals surface area contributed by atoms with Crippen LogP contribution in [0, 0.1) is 0 Å². The van der Waals surface area contributed by atoms with E-state index in [4.69, 9.17) is 16.2 Å². The molecular weight excluding hydrogens is 148 g/mol. The smallest absolute Gasteiger partial charge is 0.110 e. The van der Waals surface area contributed by atoms with Crippen LogP contribution in [0.4, 0.5) is 0 Å². The summed E-state index contributed by atoms with van der Waals surface area (Å²) in [6.07, 6.45) is -2.74. The van der Waals surface area contributed by atoms with Crippen LogP contribution in [-0.2, 0) is 4.74 Å². The van der Waals surface area contributed by atoms with Crippen molar-refractivity contribution < 1.29 is 14.9 Å². The Labute approximate surface area is 64.9 Å². The number of hydrogen-bond acceptors (Lipinski definition) is 5. The Morgan fingerprint density at radius 2 is 1.36 bits per heavy atom. The minimum atomic E-state index is -0.895. The molecule has 5 nitrogen and oxygen atoms in total. The molecular formula is C6H14N2O3. The van der Waals surface area contributed by atoms with E-state index in [0.29, 0.717) is 0 Å². The summed E-state index contributed by atoms with van der Waals surface area (Å²) >= 11 is 0. The highest BCUT2D eigenvalue weighted by molar-refractivity contribution is 4.91. The molecule has 1 aliphatic heterocycles. The van der Waals surface area contributed by atoms with E-state index in [-0.39, 0.29) is 13.1 Å². The quantitative estimate of drug-likeness (QED) is 0.356. The van der Waals surface area contributed by atoms with Gasteiger partial charge in [-0.1, -0.05) is 0 Å². The number of aliphatic hydroxyl groups excluding tert-OH is 2. The van der Waals surface area contributed by atoms with Gasteiger partial charge in [-0.25, -0.2) is 0 Å². The third-order valence-corrected chi connectivity index (χ3v) is 1.93. The monoisotopic (exact) mass is 162 g/mol. The number of rotatable bonds is 2. The van der Waals surface area contributed by atoms with Crippen molar-refractivity contribution in [1.82, 2.24) is 0 Å². The lowest BCUT2D eigenvalue weighted by molar-refractivity contribution is 0.0179. The third-order valence-electron chi connectivity index (χ3n) is 1.93. The van der Waals surface area contributed by atoms with Crippen LogP contribution in [0.1, 0.15) is 0 Å². The molecule has 1 rings (SSSR count). The summed E-state index contributed by atoms with van der Waals surface area (Å²) in [6.45, 7) is 0.406. The number of nitrogens with two attached hydrogens (primary N) is 2. The highest BCUT2D eigenvalue weighted by atomic mass is 16.5. The van der Waals surface area contributed by atoms with Crippen molar-refractivity contribution in [2.45, 2.75) is 24.4 Å². The van der Waals surface area contributed by atoms with E-state index in [1.54, 1.807) is 0 Å². The van der Waals surface area contributed by atoms with Crippen molar-refractivity contribution in [3.05, 3.63) is 0 Å². The predicted molar refractivity (Wildman–Crippen MR) is 38.8 cm³/mol. The summed E-state index contributed by atoms with van der Waals surface area (Å²) in [5.74, 6) is 0. The first kappa shape index (κ1) is 8.89. The zero-order valence-electron chi connectivity index (χ0n) is 6.18. The Morgan fingerprint density at radius 1 is 1.00 bits per heavy atom. The van der Waals surface area contributed by atoms with Gasteiger partial charge in [-0.2, -0.15) is 0 Å². The van der Waals surface area contributed by atoms with E-state index in [9.17, 15) is 10.2 Å². The van der Waals surface area contributed by atoms with Gasteiger partial charge in [-0.3, -0.25) is 0 Å². The third kappa shape index (κ3) is 1.52. The number of aliphatic hydroxyl groups is 2. The minimum absolute atomic E-state index is 0.203. The fourth-order valence-corrected chi connectivity index (χ4v) is 1.22. The average molecular weight is 162 g/mol. The summed E-state index contributed by atoms with van der Waals surface area (Å²) in [7, 11) is 0. The maximum Gasteiger partial charge on any atom is 0.110 e. The molecule has 11 heavy (non-hydrogen) atoms. The van der Waals surface area contributed by atoms with E-state index >= 15 is 0 Å². The second-order valence-corrected chi connectivity index (χ2v) is 2.67. The van der Waals surface area contributed by atoms with Crippen molar-refractivity contribution in [1.29, 1.82) is 0 Å². The molecule has 0 saturated carbocycles. The Hall–Kier alpha value is -0.200. The van der Waals surface area contributed by atoms with Gasteiger partial charge in [0.2, 0.25) is 0 Å². The highest BCUT2D eigenvalue weighted by Gasteiger charge is 2.40. The number of hydrogen-bond donors (Lipinski definition) is 4. The lowest BCUT2D eigenvalue weighted by Crippen LogP contribution is -2.37. The second-order valence-electron chi connectivity index (χ2n) is 2.67. The topological polar surface area (TPSA) is 102 Å². The van der Waals surface area contributed by atoms with Gasteiger partial charge >= 0.3 is 0 Å². The van der Waals surface area contributed by atoms with Gasteiger partial charge in [-0.15, -0.1) is 0 Å². The number of ether oxygens (including phenoxy) is 1. The van der Waals surface area contributed by atoms with Crippen molar-refractivity contribution in [2.75, 3.05) is 13.1 Å². The summed E-state index contributed by atoms with van der Waals surface area (Å²) in [5.41, 5.74) is 10.5. The first-order chi connectivity index (χ1) is 5.20. The SMILES string of the molecule is NC[C@H]1O[C@H](CN)[C@@H](O)[C@@H]1O. The van der Waals surface area contributed by atoms with Gasteiger partial charge in [0.05, 0.1) is 12.2 Å². The van der Waals surface area contributed by atoms with E-state index in [0.717, 1.165) is 0 Å². The molecule has 0 spiro atoms. The molecule has 0 amide bonds. The molecule has 66 valence electrons. The van der Waals surface area contributed by atoms with Crippen molar-refractivity contribution in [3.8, 4) is 0 Å². The Balaban J connectivity index is 2.53. The zero-order chi connectivity index (χ0) is 8.43. The van der Waals surface area contributed by atoms with Gasteiger partial charge in [-0.05, 0) is 0 Å². The van der Waals surface area contributed by atoms with Gasteiger partial charge in [0.15, 0.2) is 0 Å². The van der Waals surface area contributed by atoms with Crippen molar-refractivity contribution in [2.24, 2.45) is 11.5 Å². The van der Waals surface area contributed by atoms with Crippen molar-refractivity contribution in [3.63, 3.8) is 0 Å². The van der Waals surface area contributed by atoms with Gasteiger partial charge in [0.1, 0.15) is 12.2 Å². The molecule has 0 aromatic rings. The lowest BCUT2D eigenvalue weighted by atomic mass is 10.1. The standard InChI is InChI=1S/C6H14N2O3/c7-1-3-5(9)6(10)4(2-8)11-3/h3-6,9-10H,1-2,7-8H2/t3-,4-,5-,6-/m1/s1. The second kappa shape index (κ2) is 3.46. The predicted octanol–water partition coefficient (Wildman–Crippen LogP) is -2.61. The zero-order valence-corrected chi connectivity index (χ0v) is 6.18. The lowest BCUT2D eigenvalue weighted by Gasteiger charge is -2.11. The van der Waals surface area contributed by atoms with E-state index < -0.39 is 24.4 Å². The molecule has 1 heterocycles. The molecule has 0 aromatic heterocycles. The first-order valence-corrected chi connectivity index (χ1v) is 3.62. The molecule has 0 unspecified atom stereocenters. The Morgan fingerprint density at radius 3 is 1.55 bits per heavy atom. The van der Waals surface area contributed by atoms with Crippen LogP contribution in [-0.4, -0.2) is 47.7 Å².